The predicted octanol–water partition coefficient (Wildman–Crippen LogP) is 17.3. The van der Waals surface area contributed by atoms with Gasteiger partial charge in [0.2, 0.25) is 0 Å². The van der Waals surface area contributed by atoms with Gasteiger partial charge in [-0.1, -0.05) is 176 Å². The first-order valence-corrected chi connectivity index (χ1v) is 25.8. The Morgan fingerprint density at radius 3 is 1.21 bits per heavy atom. The normalized spacial score (nSPS) is 11.9. The average molecular weight is 970 g/mol. The van der Waals surface area contributed by atoms with Crippen LogP contribution in [0.1, 0.15) is 0 Å². The summed E-state index contributed by atoms with van der Waals surface area (Å²) in [5.74, 6) is 1.82. The summed E-state index contributed by atoms with van der Waals surface area (Å²) >= 11 is 0. The first-order valence-electron chi connectivity index (χ1n) is 25.8. The first kappa shape index (κ1) is 42.2. The molecule has 0 atom stereocenters. The van der Waals surface area contributed by atoms with Crippen LogP contribution in [0.5, 0.6) is 0 Å². The van der Waals surface area contributed by atoms with E-state index in [2.05, 4.69) is 243 Å². The van der Waals surface area contributed by atoms with Gasteiger partial charge >= 0.3 is 0 Å². The Hall–Kier alpha value is -10.4. The molecule has 0 radical (unpaired) electrons. The van der Waals surface area contributed by atoms with Gasteiger partial charge in [-0.05, 0) is 84.9 Å². The number of rotatable bonds is 7. The highest BCUT2D eigenvalue weighted by Crippen LogP contribution is 2.48. The Bertz CT molecular complexity index is 4900. The van der Waals surface area contributed by atoms with E-state index in [-0.39, 0.29) is 0 Å². The highest BCUT2D eigenvalue weighted by molar-refractivity contribution is 6.30. The van der Waals surface area contributed by atoms with Crippen LogP contribution in [0.4, 0.5) is 0 Å². The Morgan fingerprint density at radius 2 is 0.632 bits per heavy atom. The lowest BCUT2D eigenvalue weighted by molar-refractivity contribution is 1.07. The van der Waals surface area contributed by atoms with Gasteiger partial charge in [-0.3, -0.25) is 0 Å². The lowest BCUT2D eigenvalue weighted by Crippen LogP contribution is -2.02. The van der Waals surface area contributed by atoms with Crippen molar-refractivity contribution in [2.45, 2.75) is 0 Å². The molecule has 11 aromatic carbocycles. The smallest absolute Gasteiger partial charge is 0.166 e. The topological polar surface area (TPSA) is 58.4 Å². The van der Waals surface area contributed by atoms with E-state index >= 15 is 0 Å². The van der Waals surface area contributed by atoms with E-state index in [9.17, 15) is 0 Å². The van der Waals surface area contributed by atoms with Gasteiger partial charge in [0.1, 0.15) is 0 Å². The summed E-state index contributed by atoms with van der Waals surface area (Å²) < 4.78 is 9.82. The van der Waals surface area contributed by atoms with Crippen LogP contribution in [0.2, 0.25) is 0 Å². The molecule has 7 heteroatoms. The van der Waals surface area contributed by atoms with Gasteiger partial charge in [0.25, 0.3) is 0 Å². The molecule has 0 aliphatic rings. The van der Waals surface area contributed by atoms with Crippen LogP contribution in [-0.4, -0.2) is 33.2 Å². The molecule has 0 aliphatic heterocycles. The number of fused-ring (bicyclic) bond motifs is 14. The summed E-state index contributed by atoms with van der Waals surface area (Å²) in [6, 6.07) is 93.3. The van der Waals surface area contributed by atoms with Gasteiger partial charge < -0.3 is 18.3 Å². The second kappa shape index (κ2) is 16.6. The van der Waals surface area contributed by atoms with Crippen LogP contribution in [0.25, 0.3) is 144 Å². The summed E-state index contributed by atoms with van der Waals surface area (Å²) in [4.78, 5) is 16.1. The monoisotopic (exact) mass is 969 g/mol. The van der Waals surface area contributed by atoms with Crippen LogP contribution in [0.3, 0.4) is 0 Å². The third kappa shape index (κ3) is 6.20. The van der Waals surface area contributed by atoms with Crippen molar-refractivity contribution in [3.8, 4) is 56.9 Å². The standard InChI is InChI=1S/C69H43N7/c1-6-22-44(23-7-1)67-70-68(45-24-8-2-9-25-45)72-69(71-67)56-43-54-51-33-17-20-36-58(51)74(47-28-12-4-13-29-47)65(54)63-55-42-49(38-40-60(55)75(66(56)63)48-30-14-5-15-31-48)76-57-35-19-16-32-50(57)52-39-41-61-62(64(52)76)53-34-18-21-37-59(53)73(61)46-26-10-3-11-27-46/h1-43H. The molecule has 76 heavy (non-hydrogen) atoms. The molecule has 16 aromatic rings. The zero-order chi connectivity index (χ0) is 49.8. The summed E-state index contributed by atoms with van der Waals surface area (Å²) in [6.45, 7) is 0. The van der Waals surface area contributed by atoms with E-state index in [1.165, 1.54) is 32.6 Å². The largest absolute Gasteiger partial charge is 0.309 e. The number of hydrogen-bond donors (Lipinski definition) is 0. The second-order valence-corrected chi connectivity index (χ2v) is 19.5. The Balaban J connectivity index is 1.10. The summed E-state index contributed by atoms with van der Waals surface area (Å²) in [5, 5.41) is 9.28. The Kier molecular flexibility index (Phi) is 9.20. The third-order valence-corrected chi connectivity index (χ3v) is 15.4. The van der Waals surface area contributed by atoms with Gasteiger partial charge in [0.15, 0.2) is 17.5 Å². The molecule has 0 unspecified atom stereocenters. The molecule has 0 N–H and O–H groups in total. The lowest BCUT2D eigenvalue weighted by Gasteiger charge is -2.14. The second-order valence-electron chi connectivity index (χ2n) is 19.5. The molecule has 5 aromatic heterocycles. The highest BCUT2D eigenvalue weighted by atomic mass is 15.1. The fraction of sp³-hybridized carbons (Fsp3) is 0. The first-order chi connectivity index (χ1) is 37.7. The van der Waals surface area contributed by atoms with Crippen LogP contribution >= 0.6 is 0 Å². The average Bonchev–Trinajstić information content (AvgIpc) is 4.32. The molecule has 0 bridgehead atoms. The van der Waals surface area contributed by atoms with E-state index in [0.717, 1.165) is 94.1 Å². The maximum atomic E-state index is 5.46. The molecule has 0 fully saturated rings. The summed E-state index contributed by atoms with van der Waals surface area (Å²) in [5.41, 5.74) is 16.0. The van der Waals surface area contributed by atoms with Crippen molar-refractivity contribution >= 4 is 87.2 Å². The van der Waals surface area contributed by atoms with Crippen molar-refractivity contribution in [1.82, 2.24) is 33.2 Å². The van der Waals surface area contributed by atoms with Crippen LogP contribution in [-0.2, 0) is 0 Å². The van der Waals surface area contributed by atoms with Gasteiger partial charge in [0.05, 0.1) is 44.1 Å². The minimum atomic E-state index is 0.593. The predicted molar refractivity (Wildman–Crippen MR) is 313 cm³/mol. The van der Waals surface area contributed by atoms with Crippen LogP contribution in [0, 0.1) is 0 Å². The van der Waals surface area contributed by atoms with Gasteiger partial charge in [-0.2, -0.15) is 0 Å². The molecular weight excluding hydrogens is 927 g/mol. The van der Waals surface area contributed by atoms with E-state index < -0.39 is 0 Å². The molecule has 7 nitrogen and oxygen atoms in total. The van der Waals surface area contributed by atoms with Crippen molar-refractivity contribution in [2.75, 3.05) is 0 Å². The molecule has 16 rings (SSSR count). The van der Waals surface area contributed by atoms with Crippen molar-refractivity contribution in [1.29, 1.82) is 0 Å². The summed E-state index contributed by atoms with van der Waals surface area (Å²) in [6.07, 6.45) is 0. The fourth-order valence-electron chi connectivity index (χ4n) is 12.2. The van der Waals surface area contributed by atoms with E-state index in [0.29, 0.717) is 17.5 Å². The molecule has 0 saturated carbocycles. The molecule has 5 heterocycles. The van der Waals surface area contributed by atoms with Crippen molar-refractivity contribution in [2.24, 2.45) is 0 Å². The number of benzene rings is 11. The molecule has 0 aliphatic carbocycles. The quantitative estimate of drug-likeness (QED) is 0.160. The Morgan fingerprint density at radius 1 is 0.224 bits per heavy atom. The third-order valence-electron chi connectivity index (χ3n) is 15.4. The van der Waals surface area contributed by atoms with Gasteiger partial charge in [-0.25, -0.2) is 15.0 Å². The minimum absolute atomic E-state index is 0.593. The summed E-state index contributed by atoms with van der Waals surface area (Å²) in [7, 11) is 0. The number of aromatic nitrogens is 7. The van der Waals surface area contributed by atoms with Crippen molar-refractivity contribution in [3.63, 3.8) is 0 Å². The van der Waals surface area contributed by atoms with E-state index in [1.807, 2.05) is 36.4 Å². The van der Waals surface area contributed by atoms with Crippen LogP contribution in [0.15, 0.2) is 261 Å². The van der Waals surface area contributed by atoms with Gasteiger partial charge in [0, 0.05) is 82.5 Å². The zero-order valence-corrected chi connectivity index (χ0v) is 41.0. The van der Waals surface area contributed by atoms with Crippen molar-refractivity contribution < 1.29 is 0 Å². The van der Waals surface area contributed by atoms with Crippen LogP contribution < -0.4 is 0 Å². The van der Waals surface area contributed by atoms with Gasteiger partial charge in [-0.15, -0.1) is 0 Å². The Labute approximate surface area is 436 Å². The maximum absolute atomic E-state index is 5.46. The van der Waals surface area contributed by atoms with E-state index in [1.54, 1.807) is 0 Å². The number of hydrogen-bond acceptors (Lipinski definition) is 3. The van der Waals surface area contributed by atoms with Crippen molar-refractivity contribution in [3.05, 3.63) is 261 Å². The molecule has 0 saturated heterocycles. The zero-order valence-electron chi connectivity index (χ0n) is 41.0. The minimum Gasteiger partial charge on any atom is -0.309 e. The maximum Gasteiger partial charge on any atom is 0.166 e. The lowest BCUT2D eigenvalue weighted by atomic mass is 10.0. The SMILES string of the molecule is c1ccc(-c2nc(-c3ccccc3)nc(-c3cc4c5ccccc5n(-c5ccccc5)c4c4c5cc(-n6c7ccccc7c7ccc8c(c9ccccc9n8-c8ccccc8)c76)ccc5n(-c5ccccc5)c34)n2)cc1. The molecule has 0 amide bonds. The molecular formula is C69H43N7. The molecule has 354 valence electrons. The van der Waals surface area contributed by atoms with E-state index in [4.69, 9.17) is 15.0 Å². The molecule has 0 spiro atoms. The fourth-order valence-corrected chi connectivity index (χ4v) is 12.2. The number of para-hydroxylation sites is 6. The number of nitrogens with zero attached hydrogens (tertiary/aromatic N) is 7. The highest BCUT2D eigenvalue weighted by Gasteiger charge is 2.28.